The summed E-state index contributed by atoms with van der Waals surface area (Å²) in [7, 11) is 1.69. The SMILES string of the molecule is COCCn1c([C@H]2CCN(C(=O)c3ccc(Cl)cc3)C2)nc2cccnc21. The Hall–Kier alpha value is -2.44. The van der Waals surface area contributed by atoms with Gasteiger partial charge in [0.25, 0.3) is 5.91 Å². The van der Waals surface area contributed by atoms with Crippen LogP contribution in [0.5, 0.6) is 0 Å². The lowest BCUT2D eigenvalue weighted by molar-refractivity contribution is 0.0790. The molecule has 3 heterocycles. The Morgan fingerprint density at radius 3 is 2.89 bits per heavy atom. The number of carbonyl (C=O) groups excluding carboxylic acids is 1. The molecule has 6 nitrogen and oxygen atoms in total. The third kappa shape index (κ3) is 3.55. The first-order chi connectivity index (χ1) is 13.2. The number of hydrogen-bond donors (Lipinski definition) is 0. The minimum atomic E-state index is 0.0341. The van der Waals surface area contributed by atoms with Crippen LogP contribution in [-0.4, -0.2) is 52.1 Å². The van der Waals surface area contributed by atoms with E-state index in [-0.39, 0.29) is 11.8 Å². The first kappa shape index (κ1) is 17.9. The maximum absolute atomic E-state index is 12.8. The molecule has 7 heteroatoms. The fourth-order valence-electron chi connectivity index (χ4n) is 3.62. The van der Waals surface area contributed by atoms with Gasteiger partial charge >= 0.3 is 0 Å². The molecule has 0 spiro atoms. The number of pyridine rings is 1. The number of carbonyl (C=O) groups is 1. The Balaban J connectivity index is 1.58. The van der Waals surface area contributed by atoms with Crippen LogP contribution in [0.2, 0.25) is 5.02 Å². The molecule has 1 fully saturated rings. The zero-order chi connectivity index (χ0) is 18.8. The fourth-order valence-corrected chi connectivity index (χ4v) is 3.75. The summed E-state index contributed by atoms with van der Waals surface area (Å²) in [5.41, 5.74) is 2.41. The minimum Gasteiger partial charge on any atom is -0.383 e. The normalized spacial score (nSPS) is 17.0. The van der Waals surface area contributed by atoms with Crippen LogP contribution in [0.3, 0.4) is 0 Å². The molecule has 0 unspecified atom stereocenters. The van der Waals surface area contributed by atoms with Crippen LogP contribution in [0, 0.1) is 0 Å². The van der Waals surface area contributed by atoms with Crippen molar-refractivity contribution < 1.29 is 9.53 Å². The van der Waals surface area contributed by atoms with Gasteiger partial charge in [-0.2, -0.15) is 0 Å². The second kappa shape index (κ2) is 7.66. The average molecular weight is 385 g/mol. The highest BCUT2D eigenvalue weighted by atomic mass is 35.5. The monoisotopic (exact) mass is 384 g/mol. The third-order valence-electron chi connectivity index (χ3n) is 4.98. The molecule has 1 amide bonds. The van der Waals surface area contributed by atoms with E-state index in [0.717, 1.165) is 23.4 Å². The number of benzene rings is 1. The van der Waals surface area contributed by atoms with Crippen molar-refractivity contribution in [3.63, 3.8) is 0 Å². The van der Waals surface area contributed by atoms with Crippen molar-refractivity contribution in [2.75, 3.05) is 26.8 Å². The maximum atomic E-state index is 12.8. The quantitative estimate of drug-likeness (QED) is 0.676. The Bertz CT molecular complexity index is 954. The smallest absolute Gasteiger partial charge is 0.253 e. The molecular formula is C20H21ClN4O2. The molecule has 140 valence electrons. The number of methoxy groups -OCH3 is 1. The van der Waals surface area contributed by atoms with Gasteiger partial charge in [-0.3, -0.25) is 4.79 Å². The van der Waals surface area contributed by atoms with E-state index in [1.54, 1.807) is 37.6 Å². The van der Waals surface area contributed by atoms with E-state index in [2.05, 4.69) is 9.55 Å². The number of imidazole rings is 1. The van der Waals surface area contributed by atoms with E-state index in [1.807, 2.05) is 17.0 Å². The molecule has 0 saturated carbocycles. The summed E-state index contributed by atoms with van der Waals surface area (Å²) in [4.78, 5) is 24.0. The highest BCUT2D eigenvalue weighted by molar-refractivity contribution is 6.30. The summed E-state index contributed by atoms with van der Waals surface area (Å²) < 4.78 is 7.38. The third-order valence-corrected chi connectivity index (χ3v) is 5.24. The molecule has 4 rings (SSSR count). The first-order valence-electron chi connectivity index (χ1n) is 9.02. The Morgan fingerprint density at radius 1 is 1.30 bits per heavy atom. The minimum absolute atomic E-state index is 0.0341. The standard InChI is InChI=1S/C20H21ClN4O2/c1-27-12-11-25-18(23-17-3-2-9-22-19(17)25)15-8-10-24(13-15)20(26)14-4-6-16(21)7-5-14/h2-7,9,15H,8,10-13H2,1H3/t15-/m0/s1. The molecule has 1 aromatic carbocycles. The van der Waals surface area contributed by atoms with E-state index in [1.165, 1.54) is 0 Å². The van der Waals surface area contributed by atoms with Crippen LogP contribution in [0.15, 0.2) is 42.6 Å². The summed E-state index contributed by atoms with van der Waals surface area (Å²) in [5.74, 6) is 1.20. The molecule has 0 aliphatic carbocycles. The van der Waals surface area contributed by atoms with E-state index >= 15 is 0 Å². The lowest BCUT2D eigenvalue weighted by Gasteiger charge is -2.17. The number of nitrogens with zero attached hydrogens (tertiary/aromatic N) is 4. The average Bonchev–Trinajstić information content (AvgIpc) is 3.31. The van der Waals surface area contributed by atoms with Crippen molar-refractivity contribution >= 4 is 28.7 Å². The van der Waals surface area contributed by atoms with Crippen molar-refractivity contribution in [3.8, 4) is 0 Å². The molecule has 1 aliphatic heterocycles. The Labute approximate surface area is 162 Å². The predicted molar refractivity (Wildman–Crippen MR) is 104 cm³/mol. The van der Waals surface area contributed by atoms with Crippen molar-refractivity contribution in [2.45, 2.75) is 18.9 Å². The van der Waals surface area contributed by atoms with Crippen LogP contribution >= 0.6 is 11.6 Å². The van der Waals surface area contributed by atoms with Gasteiger partial charge in [0.05, 0.1) is 6.61 Å². The molecular weight excluding hydrogens is 364 g/mol. The lowest BCUT2D eigenvalue weighted by atomic mass is 10.1. The van der Waals surface area contributed by atoms with Crippen LogP contribution < -0.4 is 0 Å². The summed E-state index contributed by atoms with van der Waals surface area (Å²) >= 11 is 5.92. The summed E-state index contributed by atoms with van der Waals surface area (Å²) in [5, 5.41) is 0.630. The molecule has 2 aromatic heterocycles. The van der Waals surface area contributed by atoms with Gasteiger partial charge in [-0.25, -0.2) is 9.97 Å². The van der Waals surface area contributed by atoms with Crippen LogP contribution in [0.1, 0.15) is 28.5 Å². The first-order valence-corrected chi connectivity index (χ1v) is 9.40. The van der Waals surface area contributed by atoms with Gasteiger partial charge in [-0.05, 0) is 42.8 Å². The summed E-state index contributed by atoms with van der Waals surface area (Å²) in [6, 6.07) is 10.9. The summed E-state index contributed by atoms with van der Waals surface area (Å²) in [6.45, 7) is 2.65. The summed E-state index contributed by atoms with van der Waals surface area (Å²) in [6.07, 6.45) is 2.66. The lowest BCUT2D eigenvalue weighted by Crippen LogP contribution is -2.28. The topological polar surface area (TPSA) is 60.2 Å². The van der Waals surface area contributed by atoms with Crippen LogP contribution in [0.4, 0.5) is 0 Å². The Kier molecular flexibility index (Phi) is 5.09. The number of aromatic nitrogens is 3. The second-order valence-electron chi connectivity index (χ2n) is 6.70. The van der Waals surface area contributed by atoms with Crippen molar-refractivity contribution in [2.24, 2.45) is 0 Å². The van der Waals surface area contributed by atoms with Crippen LogP contribution in [0.25, 0.3) is 11.2 Å². The molecule has 3 aromatic rings. The maximum Gasteiger partial charge on any atom is 0.253 e. The number of likely N-dealkylation sites (tertiary alicyclic amines) is 1. The number of halogens is 1. The van der Waals surface area contributed by atoms with Crippen LogP contribution in [-0.2, 0) is 11.3 Å². The van der Waals surface area contributed by atoms with Crippen molar-refractivity contribution in [3.05, 3.63) is 59.0 Å². The number of hydrogen-bond acceptors (Lipinski definition) is 4. The largest absolute Gasteiger partial charge is 0.383 e. The molecule has 27 heavy (non-hydrogen) atoms. The van der Waals surface area contributed by atoms with E-state index in [4.69, 9.17) is 21.3 Å². The Morgan fingerprint density at radius 2 is 2.11 bits per heavy atom. The predicted octanol–water partition coefficient (Wildman–Crippen LogP) is 3.36. The van der Waals surface area contributed by atoms with E-state index < -0.39 is 0 Å². The van der Waals surface area contributed by atoms with Crippen molar-refractivity contribution in [1.82, 2.24) is 19.4 Å². The van der Waals surface area contributed by atoms with Gasteiger partial charge in [0.1, 0.15) is 11.3 Å². The van der Waals surface area contributed by atoms with Gasteiger partial charge in [-0.15, -0.1) is 0 Å². The van der Waals surface area contributed by atoms with Gasteiger partial charge in [0, 0.05) is 49.4 Å². The second-order valence-corrected chi connectivity index (χ2v) is 7.14. The highest BCUT2D eigenvalue weighted by Gasteiger charge is 2.31. The number of rotatable bonds is 5. The van der Waals surface area contributed by atoms with E-state index in [0.29, 0.717) is 36.8 Å². The molecule has 0 N–H and O–H groups in total. The molecule has 0 bridgehead atoms. The number of ether oxygens (including phenoxy) is 1. The van der Waals surface area contributed by atoms with Crippen molar-refractivity contribution in [1.29, 1.82) is 0 Å². The molecule has 0 radical (unpaired) electrons. The zero-order valence-corrected chi connectivity index (χ0v) is 15.9. The van der Waals surface area contributed by atoms with Gasteiger partial charge < -0.3 is 14.2 Å². The van der Waals surface area contributed by atoms with Gasteiger partial charge in [-0.1, -0.05) is 11.6 Å². The number of fused-ring (bicyclic) bond motifs is 1. The highest BCUT2D eigenvalue weighted by Crippen LogP contribution is 2.30. The fraction of sp³-hybridized carbons (Fsp3) is 0.350. The van der Waals surface area contributed by atoms with Gasteiger partial charge in [0.2, 0.25) is 0 Å². The molecule has 1 saturated heterocycles. The van der Waals surface area contributed by atoms with Gasteiger partial charge in [0.15, 0.2) is 5.65 Å². The molecule has 1 aliphatic rings. The van der Waals surface area contributed by atoms with E-state index in [9.17, 15) is 4.79 Å². The zero-order valence-electron chi connectivity index (χ0n) is 15.1. The number of amides is 1. The molecule has 1 atom stereocenters.